The quantitative estimate of drug-likeness (QED) is 0.525. The number of allylic oxidation sites excluding steroid dienone is 1. The molecule has 2 rings (SSSR count). The van der Waals surface area contributed by atoms with Crippen molar-refractivity contribution >= 4 is 11.8 Å². The first-order chi connectivity index (χ1) is 10.2. The summed E-state index contributed by atoms with van der Waals surface area (Å²) in [6.07, 6.45) is 7.58. The van der Waals surface area contributed by atoms with Gasteiger partial charge in [-0.15, -0.1) is 11.8 Å². The van der Waals surface area contributed by atoms with Gasteiger partial charge in [-0.05, 0) is 55.9 Å². The fourth-order valence-corrected chi connectivity index (χ4v) is 4.09. The Bertz CT molecular complexity index is 453. The second kappa shape index (κ2) is 8.50. The Morgan fingerprint density at radius 1 is 1.14 bits per heavy atom. The van der Waals surface area contributed by atoms with Crippen LogP contribution in [-0.2, 0) is 4.74 Å². The maximum atomic E-state index is 5.39. The summed E-state index contributed by atoms with van der Waals surface area (Å²) in [7, 11) is 3.50. The number of ether oxygens (including phenoxy) is 2. The average Bonchev–Trinajstić information content (AvgIpc) is 2.54. The SMILES string of the molecule is COC[C@H](C)[C@H](Sc1ccc(OC)cc1)C1=CCCCC1. The van der Waals surface area contributed by atoms with Gasteiger partial charge in [0, 0.05) is 17.3 Å². The minimum absolute atomic E-state index is 0.513. The van der Waals surface area contributed by atoms with E-state index in [4.69, 9.17) is 9.47 Å². The number of methoxy groups -OCH3 is 2. The van der Waals surface area contributed by atoms with Crippen LogP contribution in [0.3, 0.4) is 0 Å². The zero-order valence-electron chi connectivity index (χ0n) is 13.3. The van der Waals surface area contributed by atoms with Crippen LogP contribution in [0.15, 0.2) is 40.8 Å². The van der Waals surface area contributed by atoms with E-state index in [1.54, 1.807) is 19.8 Å². The topological polar surface area (TPSA) is 18.5 Å². The molecular formula is C18H26O2S. The van der Waals surface area contributed by atoms with Crippen LogP contribution in [-0.4, -0.2) is 26.1 Å². The Balaban J connectivity index is 2.12. The summed E-state index contributed by atoms with van der Waals surface area (Å²) in [5.41, 5.74) is 1.60. The van der Waals surface area contributed by atoms with Crippen molar-refractivity contribution in [2.45, 2.75) is 42.8 Å². The molecule has 1 aromatic carbocycles. The van der Waals surface area contributed by atoms with Crippen LogP contribution in [0.2, 0.25) is 0 Å². The molecule has 0 N–H and O–H groups in total. The lowest BCUT2D eigenvalue weighted by Gasteiger charge is -2.28. The smallest absolute Gasteiger partial charge is 0.118 e. The second-order valence-corrected chi connectivity index (χ2v) is 6.89. The van der Waals surface area contributed by atoms with E-state index in [2.05, 4.69) is 25.1 Å². The van der Waals surface area contributed by atoms with Gasteiger partial charge < -0.3 is 9.47 Å². The molecule has 0 fully saturated rings. The fourth-order valence-electron chi connectivity index (χ4n) is 2.83. The highest BCUT2D eigenvalue weighted by Gasteiger charge is 2.23. The highest BCUT2D eigenvalue weighted by atomic mass is 32.2. The van der Waals surface area contributed by atoms with Crippen molar-refractivity contribution in [3.63, 3.8) is 0 Å². The molecule has 0 radical (unpaired) electrons. The first kappa shape index (κ1) is 16.4. The fraction of sp³-hybridized carbons (Fsp3) is 0.556. The molecule has 1 aromatic rings. The molecule has 0 bridgehead atoms. The Morgan fingerprint density at radius 3 is 2.48 bits per heavy atom. The van der Waals surface area contributed by atoms with Crippen LogP contribution in [0.4, 0.5) is 0 Å². The van der Waals surface area contributed by atoms with Gasteiger partial charge in [-0.3, -0.25) is 0 Å². The van der Waals surface area contributed by atoms with Crippen LogP contribution < -0.4 is 4.74 Å². The Kier molecular flexibility index (Phi) is 6.65. The molecule has 0 amide bonds. The number of benzene rings is 1. The molecule has 0 saturated carbocycles. The average molecular weight is 306 g/mol. The van der Waals surface area contributed by atoms with Gasteiger partial charge in [0.1, 0.15) is 5.75 Å². The third-order valence-electron chi connectivity index (χ3n) is 3.96. The van der Waals surface area contributed by atoms with E-state index in [0.717, 1.165) is 12.4 Å². The number of thioether (sulfide) groups is 1. The van der Waals surface area contributed by atoms with Crippen LogP contribution in [0, 0.1) is 5.92 Å². The molecule has 1 aliphatic carbocycles. The molecule has 116 valence electrons. The van der Waals surface area contributed by atoms with E-state index >= 15 is 0 Å². The lowest BCUT2D eigenvalue weighted by molar-refractivity contribution is 0.161. The van der Waals surface area contributed by atoms with Crippen LogP contribution in [0.25, 0.3) is 0 Å². The monoisotopic (exact) mass is 306 g/mol. The zero-order chi connectivity index (χ0) is 15.1. The molecule has 2 atom stereocenters. The molecule has 0 unspecified atom stereocenters. The standard InChI is InChI=1S/C18H26O2S/c1-14(13-19-2)18(15-7-5-4-6-8-15)21-17-11-9-16(20-3)10-12-17/h7,9-12,14,18H,4-6,8,13H2,1-3H3/t14-,18-/m0/s1. The molecule has 21 heavy (non-hydrogen) atoms. The minimum Gasteiger partial charge on any atom is -0.497 e. The molecule has 0 heterocycles. The lowest BCUT2D eigenvalue weighted by atomic mass is 9.92. The maximum Gasteiger partial charge on any atom is 0.118 e. The molecule has 0 saturated heterocycles. The predicted molar refractivity (Wildman–Crippen MR) is 90.2 cm³/mol. The van der Waals surface area contributed by atoms with Crippen LogP contribution in [0.1, 0.15) is 32.6 Å². The van der Waals surface area contributed by atoms with Gasteiger partial charge in [-0.1, -0.05) is 18.6 Å². The highest BCUT2D eigenvalue weighted by Crippen LogP contribution is 2.37. The Hall–Kier alpha value is -0.930. The zero-order valence-corrected chi connectivity index (χ0v) is 14.1. The summed E-state index contributed by atoms with van der Waals surface area (Å²) in [5.74, 6) is 1.43. The van der Waals surface area contributed by atoms with E-state index in [1.165, 1.54) is 30.6 Å². The van der Waals surface area contributed by atoms with E-state index in [0.29, 0.717) is 11.2 Å². The Labute approximate surface area is 132 Å². The summed E-state index contributed by atoms with van der Waals surface area (Å²) in [4.78, 5) is 1.30. The molecule has 1 aliphatic rings. The summed E-state index contributed by atoms with van der Waals surface area (Å²) >= 11 is 1.96. The van der Waals surface area contributed by atoms with Gasteiger partial charge in [-0.2, -0.15) is 0 Å². The molecule has 2 nitrogen and oxygen atoms in total. The van der Waals surface area contributed by atoms with Crippen molar-refractivity contribution in [2.24, 2.45) is 5.92 Å². The predicted octanol–water partition coefficient (Wildman–Crippen LogP) is 4.94. The van der Waals surface area contributed by atoms with Gasteiger partial charge in [0.2, 0.25) is 0 Å². The molecule has 0 spiro atoms. The van der Waals surface area contributed by atoms with E-state index in [-0.39, 0.29) is 0 Å². The van der Waals surface area contributed by atoms with Crippen LogP contribution >= 0.6 is 11.8 Å². The summed E-state index contributed by atoms with van der Waals surface area (Å²) in [5, 5.41) is 0.513. The summed E-state index contributed by atoms with van der Waals surface area (Å²) in [6.45, 7) is 3.10. The van der Waals surface area contributed by atoms with Crippen molar-refractivity contribution in [2.75, 3.05) is 20.8 Å². The number of rotatable bonds is 7. The summed E-state index contributed by atoms with van der Waals surface area (Å²) < 4.78 is 10.6. The highest BCUT2D eigenvalue weighted by molar-refractivity contribution is 8.00. The van der Waals surface area contributed by atoms with E-state index < -0.39 is 0 Å². The minimum atomic E-state index is 0.513. The van der Waals surface area contributed by atoms with E-state index in [1.807, 2.05) is 23.9 Å². The largest absolute Gasteiger partial charge is 0.497 e. The van der Waals surface area contributed by atoms with Gasteiger partial charge in [-0.25, -0.2) is 0 Å². The normalized spacial score (nSPS) is 18.0. The third kappa shape index (κ3) is 4.79. The van der Waals surface area contributed by atoms with Gasteiger partial charge >= 0.3 is 0 Å². The van der Waals surface area contributed by atoms with Crippen molar-refractivity contribution in [3.05, 3.63) is 35.9 Å². The number of hydrogen-bond donors (Lipinski definition) is 0. The van der Waals surface area contributed by atoms with Crippen LogP contribution in [0.5, 0.6) is 5.75 Å². The summed E-state index contributed by atoms with van der Waals surface area (Å²) in [6, 6.07) is 8.38. The first-order valence-electron chi connectivity index (χ1n) is 7.73. The third-order valence-corrected chi connectivity index (χ3v) is 5.53. The van der Waals surface area contributed by atoms with Gasteiger partial charge in [0.25, 0.3) is 0 Å². The van der Waals surface area contributed by atoms with Crippen molar-refractivity contribution < 1.29 is 9.47 Å². The molecule has 0 aliphatic heterocycles. The van der Waals surface area contributed by atoms with Gasteiger partial charge in [0.05, 0.1) is 13.7 Å². The van der Waals surface area contributed by atoms with Crippen molar-refractivity contribution in [1.82, 2.24) is 0 Å². The lowest BCUT2D eigenvalue weighted by Crippen LogP contribution is -2.22. The van der Waals surface area contributed by atoms with E-state index in [9.17, 15) is 0 Å². The van der Waals surface area contributed by atoms with Gasteiger partial charge in [0.15, 0.2) is 0 Å². The molecular weight excluding hydrogens is 280 g/mol. The molecule has 0 aromatic heterocycles. The first-order valence-corrected chi connectivity index (χ1v) is 8.61. The van der Waals surface area contributed by atoms with Crippen molar-refractivity contribution in [1.29, 1.82) is 0 Å². The maximum absolute atomic E-state index is 5.39. The molecule has 3 heteroatoms. The van der Waals surface area contributed by atoms with Crippen molar-refractivity contribution in [3.8, 4) is 5.75 Å². The Morgan fingerprint density at radius 2 is 1.90 bits per heavy atom. The second-order valence-electron chi connectivity index (χ2n) is 5.67. The number of hydrogen-bond acceptors (Lipinski definition) is 3.